The second-order valence-electron chi connectivity index (χ2n) is 6.93. The van der Waals surface area contributed by atoms with Crippen molar-refractivity contribution in [1.82, 2.24) is 15.5 Å². The average Bonchev–Trinajstić information content (AvgIpc) is 2.55. The summed E-state index contributed by atoms with van der Waals surface area (Å²) in [6, 6.07) is 6.19. The third-order valence-electron chi connectivity index (χ3n) is 5.38. The third-order valence-corrected chi connectivity index (χ3v) is 5.38. The van der Waals surface area contributed by atoms with Crippen LogP contribution in [0.1, 0.15) is 37.7 Å². The smallest absolute Gasteiger partial charge is 0.191 e. The van der Waals surface area contributed by atoms with Crippen LogP contribution in [0.15, 0.2) is 23.2 Å². The molecule has 3 rings (SSSR count). The van der Waals surface area contributed by atoms with Crippen molar-refractivity contribution in [3.05, 3.63) is 29.6 Å². The van der Waals surface area contributed by atoms with E-state index in [0.29, 0.717) is 24.7 Å². The summed E-state index contributed by atoms with van der Waals surface area (Å²) < 4.78 is 13.4. The molecule has 5 nitrogen and oxygen atoms in total. The second-order valence-corrected chi connectivity index (χ2v) is 6.93. The second kappa shape index (κ2) is 7.38. The molecule has 132 valence electrons. The fourth-order valence-corrected chi connectivity index (χ4v) is 3.97. The van der Waals surface area contributed by atoms with Crippen LogP contribution in [0.3, 0.4) is 0 Å². The molecule has 2 saturated heterocycles. The van der Waals surface area contributed by atoms with Crippen LogP contribution in [0, 0.1) is 5.82 Å². The van der Waals surface area contributed by atoms with Crippen LogP contribution < -0.4 is 10.6 Å². The Morgan fingerprint density at radius 3 is 2.67 bits per heavy atom. The molecule has 0 radical (unpaired) electrons. The first kappa shape index (κ1) is 17.0. The molecule has 2 bridgehead atoms. The molecule has 0 aliphatic carbocycles. The predicted molar refractivity (Wildman–Crippen MR) is 93.6 cm³/mol. The van der Waals surface area contributed by atoms with Gasteiger partial charge in [-0.3, -0.25) is 4.99 Å². The molecule has 2 fully saturated rings. The Kier molecular flexibility index (Phi) is 5.23. The molecule has 0 spiro atoms. The van der Waals surface area contributed by atoms with Crippen LogP contribution >= 0.6 is 0 Å². The first-order chi connectivity index (χ1) is 11.6. The zero-order valence-electron chi connectivity index (χ0n) is 14.4. The van der Waals surface area contributed by atoms with E-state index in [1.54, 1.807) is 13.1 Å². The number of nitrogens with zero attached hydrogens (tertiary/aromatic N) is 2. The number of aliphatic imine (C=N–C) groups is 1. The summed E-state index contributed by atoms with van der Waals surface area (Å²) >= 11 is 0. The van der Waals surface area contributed by atoms with E-state index in [-0.39, 0.29) is 5.75 Å². The molecule has 0 saturated carbocycles. The van der Waals surface area contributed by atoms with E-state index in [4.69, 9.17) is 0 Å². The van der Waals surface area contributed by atoms with Crippen LogP contribution in [0.4, 0.5) is 4.39 Å². The van der Waals surface area contributed by atoms with Gasteiger partial charge in [0.1, 0.15) is 0 Å². The van der Waals surface area contributed by atoms with Crippen LogP contribution in [0.2, 0.25) is 0 Å². The Bertz CT molecular complexity index is 593. The molecule has 1 aromatic carbocycles. The largest absolute Gasteiger partial charge is 0.505 e. The molecule has 0 amide bonds. The van der Waals surface area contributed by atoms with Gasteiger partial charge in [-0.2, -0.15) is 0 Å². The molecular formula is C18H27FN4O. The van der Waals surface area contributed by atoms with Crippen LogP contribution in [0.25, 0.3) is 0 Å². The van der Waals surface area contributed by atoms with E-state index in [1.807, 2.05) is 0 Å². The Morgan fingerprint density at radius 2 is 2.04 bits per heavy atom. The van der Waals surface area contributed by atoms with E-state index < -0.39 is 5.82 Å². The van der Waals surface area contributed by atoms with Crippen molar-refractivity contribution in [2.75, 3.05) is 14.1 Å². The van der Waals surface area contributed by atoms with E-state index in [9.17, 15) is 9.50 Å². The number of benzene rings is 1. The first-order valence-corrected chi connectivity index (χ1v) is 8.73. The van der Waals surface area contributed by atoms with E-state index in [0.717, 1.165) is 24.4 Å². The average molecular weight is 334 g/mol. The summed E-state index contributed by atoms with van der Waals surface area (Å²) in [5, 5.41) is 16.0. The lowest BCUT2D eigenvalue weighted by Crippen LogP contribution is -2.56. The molecule has 2 aliphatic rings. The predicted octanol–water partition coefficient (Wildman–Crippen LogP) is 2.21. The van der Waals surface area contributed by atoms with Crippen molar-refractivity contribution in [3.8, 4) is 5.75 Å². The number of halogens is 1. The number of fused-ring (bicyclic) bond motifs is 2. The minimum atomic E-state index is -0.597. The highest BCUT2D eigenvalue weighted by molar-refractivity contribution is 5.80. The lowest BCUT2D eigenvalue weighted by Gasteiger charge is -2.47. The lowest BCUT2D eigenvalue weighted by atomic mass is 9.82. The Hall–Kier alpha value is -1.82. The number of hydrogen-bond acceptors (Lipinski definition) is 3. The van der Waals surface area contributed by atoms with Gasteiger partial charge in [-0.15, -0.1) is 0 Å². The fourth-order valence-electron chi connectivity index (χ4n) is 3.97. The minimum Gasteiger partial charge on any atom is -0.505 e. The number of nitrogens with one attached hydrogen (secondary N) is 2. The van der Waals surface area contributed by atoms with Crippen molar-refractivity contribution in [2.45, 2.75) is 56.8 Å². The molecular weight excluding hydrogens is 307 g/mol. The minimum absolute atomic E-state index is 0.320. The zero-order valence-corrected chi connectivity index (χ0v) is 14.4. The number of piperidine rings is 2. The summed E-state index contributed by atoms with van der Waals surface area (Å²) in [6.45, 7) is 0.469. The van der Waals surface area contributed by atoms with E-state index >= 15 is 0 Å². The van der Waals surface area contributed by atoms with Crippen LogP contribution in [-0.4, -0.2) is 48.2 Å². The molecule has 1 aromatic rings. The number of rotatable bonds is 3. The maximum atomic E-state index is 13.4. The topological polar surface area (TPSA) is 59.9 Å². The van der Waals surface area contributed by atoms with Crippen molar-refractivity contribution in [3.63, 3.8) is 0 Å². The van der Waals surface area contributed by atoms with Crippen molar-refractivity contribution >= 4 is 5.96 Å². The maximum Gasteiger partial charge on any atom is 0.191 e. The molecule has 3 N–H and O–H groups in total. The van der Waals surface area contributed by atoms with Gasteiger partial charge in [0.25, 0.3) is 0 Å². The molecule has 24 heavy (non-hydrogen) atoms. The van der Waals surface area contributed by atoms with Crippen LogP contribution in [0.5, 0.6) is 5.75 Å². The highest BCUT2D eigenvalue weighted by Crippen LogP contribution is 2.32. The summed E-state index contributed by atoms with van der Waals surface area (Å²) in [5.74, 6) is -0.171. The van der Waals surface area contributed by atoms with Crippen molar-refractivity contribution in [1.29, 1.82) is 0 Å². The monoisotopic (exact) mass is 334 g/mol. The van der Waals surface area contributed by atoms with E-state index in [1.165, 1.54) is 31.4 Å². The zero-order chi connectivity index (χ0) is 17.1. The number of phenols is 1. The summed E-state index contributed by atoms with van der Waals surface area (Å²) in [6.07, 6.45) is 6.18. The molecule has 2 atom stereocenters. The summed E-state index contributed by atoms with van der Waals surface area (Å²) in [5.41, 5.74) is 0.772. The van der Waals surface area contributed by atoms with Gasteiger partial charge < -0.3 is 20.6 Å². The highest BCUT2D eigenvalue weighted by atomic mass is 19.1. The van der Waals surface area contributed by atoms with Gasteiger partial charge in [0.2, 0.25) is 0 Å². The van der Waals surface area contributed by atoms with Gasteiger partial charge >= 0.3 is 0 Å². The van der Waals surface area contributed by atoms with Gasteiger partial charge in [-0.25, -0.2) is 4.39 Å². The van der Waals surface area contributed by atoms with Crippen LogP contribution in [-0.2, 0) is 6.54 Å². The Balaban J connectivity index is 1.54. The number of aromatic hydroxyl groups is 1. The lowest BCUT2D eigenvalue weighted by molar-refractivity contribution is 0.0526. The quantitative estimate of drug-likeness (QED) is 0.586. The van der Waals surface area contributed by atoms with Gasteiger partial charge in [0.15, 0.2) is 17.5 Å². The van der Waals surface area contributed by atoms with Gasteiger partial charge in [-0.05, 0) is 50.4 Å². The van der Waals surface area contributed by atoms with Crippen molar-refractivity contribution in [2.24, 2.45) is 4.99 Å². The highest BCUT2D eigenvalue weighted by Gasteiger charge is 2.36. The van der Waals surface area contributed by atoms with Crippen molar-refractivity contribution < 1.29 is 9.50 Å². The van der Waals surface area contributed by atoms with Gasteiger partial charge in [0.05, 0.1) is 0 Å². The normalized spacial score (nSPS) is 27.8. The summed E-state index contributed by atoms with van der Waals surface area (Å²) in [4.78, 5) is 6.83. The van der Waals surface area contributed by atoms with Gasteiger partial charge in [-0.1, -0.05) is 12.5 Å². The maximum absolute atomic E-state index is 13.4. The first-order valence-electron chi connectivity index (χ1n) is 8.73. The standard InChI is InChI=1S/C18H27FN4O/c1-20-18(21-11-12-6-7-17(24)16(19)8-12)22-13-9-14-4-3-5-15(10-13)23(14)2/h6-8,13-15,24H,3-5,9-11H2,1-2H3,(H2,20,21,22). The molecule has 2 aliphatic heterocycles. The van der Waals surface area contributed by atoms with E-state index in [2.05, 4.69) is 27.6 Å². The van der Waals surface area contributed by atoms with Gasteiger partial charge in [0, 0.05) is 31.7 Å². The molecule has 2 heterocycles. The number of guanidine groups is 1. The number of hydrogen-bond donors (Lipinski definition) is 3. The molecule has 2 unspecified atom stereocenters. The molecule has 0 aromatic heterocycles. The molecule has 6 heteroatoms. The fraction of sp³-hybridized carbons (Fsp3) is 0.611. The third kappa shape index (κ3) is 3.80. The Labute approximate surface area is 143 Å². The number of phenolic OH excluding ortho intramolecular Hbond substituents is 1. The summed E-state index contributed by atoms with van der Waals surface area (Å²) in [7, 11) is 4.00. The SMILES string of the molecule is CN=C(NCc1ccc(O)c(F)c1)NC1CC2CCCC(C1)N2C. The Morgan fingerprint density at radius 1 is 1.33 bits per heavy atom.